The molecule has 1 saturated carbocycles. The van der Waals surface area contributed by atoms with Gasteiger partial charge in [-0.2, -0.15) is 18.4 Å². The number of nitriles is 1. The number of halogens is 3. The fourth-order valence-electron chi connectivity index (χ4n) is 5.06. The molecule has 1 amide bonds. The minimum Gasteiger partial charge on any atom is -0.490 e. The molecule has 11 heteroatoms. The fraction of sp³-hybridized carbons (Fsp3) is 0.440. The van der Waals surface area contributed by atoms with Gasteiger partial charge in [-0.25, -0.2) is 4.98 Å². The molecule has 1 aliphatic carbocycles. The van der Waals surface area contributed by atoms with E-state index in [1.165, 1.54) is 6.07 Å². The molecule has 2 saturated heterocycles. The van der Waals surface area contributed by atoms with Crippen LogP contribution in [0.5, 0.6) is 5.75 Å². The van der Waals surface area contributed by atoms with Crippen molar-refractivity contribution in [3.63, 3.8) is 0 Å². The van der Waals surface area contributed by atoms with Crippen molar-refractivity contribution in [2.24, 2.45) is 0 Å². The highest BCUT2D eigenvalue weighted by atomic mass is 32.1. The number of rotatable bonds is 4. The van der Waals surface area contributed by atoms with Crippen LogP contribution in [0.4, 0.5) is 24.5 Å². The number of pyridine rings is 1. The van der Waals surface area contributed by atoms with Gasteiger partial charge in [-0.15, -0.1) is 0 Å². The zero-order chi connectivity index (χ0) is 25.7. The molecule has 0 N–H and O–H groups in total. The Balaban J connectivity index is 1.43. The van der Waals surface area contributed by atoms with Crippen molar-refractivity contribution in [2.75, 3.05) is 29.9 Å². The number of hydrogen-bond acceptors (Lipinski definition) is 6. The molecule has 0 bridgehead atoms. The van der Waals surface area contributed by atoms with E-state index in [0.717, 1.165) is 55.3 Å². The molecule has 188 valence electrons. The van der Waals surface area contributed by atoms with Crippen molar-refractivity contribution >= 4 is 34.6 Å². The van der Waals surface area contributed by atoms with Crippen molar-refractivity contribution in [3.8, 4) is 11.8 Å². The predicted molar refractivity (Wildman–Crippen MR) is 131 cm³/mol. The van der Waals surface area contributed by atoms with Crippen LogP contribution in [0.2, 0.25) is 0 Å². The summed E-state index contributed by atoms with van der Waals surface area (Å²) in [5, 5.41) is 9.15. The molecule has 3 fully saturated rings. The average molecular weight is 516 g/mol. The lowest BCUT2D eigenvalue weighted by Crippen LogP contribution is -2.55. The first-order valence-electron chi connectivity index (χ1n) is 11.8. The van der Waals surface area contributed by atoms with Crippen LogP contribution in [0, 0.1) is 11.3 Å². The van der Waals surface area contributed by atoms with Crippen molar-refractivity contribution < 1.29 is 22.7 Å². The minimum absolute atomic E-state index is 0.0864. The largest absolute Gasteiger partial charge is 0.490 e. The summed E-state index contributed by atoms with van der Waals surface area (Å²) in [6, 6.07) is 9.55. The van der Waals surface area contributed by atoms with E-state index in [-0.39, 0.29) is 22.8 Å². The topological polar surface area (TPSA) is 72.7 Å². The number of carbonyl (C=O) groups excluding carboxylic acids is 1. The zero-order valence-corrected chi connectivity index (χ0v) is 20.4. The molecular formula is C25H24F3N5O2S. The second kappa shape index (κ2) is 9.01. The van der Waals surface area contributed by atoms with Crippen LogP contribution < -0.4 is 14.5 Å². The SMILES string of the molecule is CN1CCC(Oc2ccc(N3C(=S)N(c4cnc(C#N)c(C(F)(F)F)c4)C(=O)C34CCC4)cc2)CC1. The zero-order valence-electron chi connectivity index (χ0n) is 19.6. The van der Waals surface area contributed by atoms with Gasteiger partial charge in [-0.1, -0.05) is 0 Å². The van der Waals surface area contributed by atoms with E-state index in [0.29, 0.717) is 18.5 Å². The standard InChI is InChI=1S/C25H24F3N5O2S/c1-31-11-7-19(8-12-31)35-18-5-3-16(4-6-18)33-23(36)32(22(34)24(33)9-2-10-24)17-13-20(25(26,27)28)21(14-29)30-15-17/h3-6,13,15,19H,2,7-12H2,1H3. The van der Waals surface area contributed by atoms with Gasteiger partial charge in [-0.3, -0.25) is 9.69 Å². The molecule has 1 aromatic heterocycles. The maximum atomic E-state index is 13.6. The third kappa shape index (κ3) is 4.08. The Morgan fingerprint density at radius 2 is 1.83 bits per heavy atom. The minimum atomic E-state index is -4.80. The van der Waals surface area contributed by atoms with Crippen LogP contribution >= 0.6 is 12.2 Å². The first-order valence-corrected chi connectivity index (χ1v) is 12.2. The number of anilines is 2. The summed E-state index contributed by atoms with van der Waals surface area (Å²) < 4.78 is 46.7. The number of thiocarbonyl (C=S) groups is 1. The van der Waals surface area contributed by atoms with Crippen LogP contribution in [-0.2, 0) is 11.0 Å². The van der Waals surface area contributed by atoms with E-state index in [2.05, 4.69) is 16.9 Å². The van der Waals surface area contributed by atoms with E-state index < -0.39 is 23.0 Å². The molecule has 2 aromatic rings. The second-order valence-electron chi connectivity index (χ2n) is 9.46. The fourth-order valence-corrected chi connectivity index (χ4v) is 5.53. The summed E-state index contributed by atoms with van der Waals surface area (Å²) in [7, 11) is 2.09. The summed E-state index contributed by atoms with van der Waals surface area (Å²) in [5.74, 6) is 0.334. The third-order valence-electron chi connectivity index (χ3n) is 7.20. The summed E-state index contributed by atoms with van der Waals surface area (Å²) >= 11 is 5.65. The molecule has 7 nitrogen and oxygen atoms in total. The first-order chi connectivity index (χ1) is 17.1. The molecule has 3 heterocycles. The van der Waals surface area contributed by atoms with E-state index >= 15 is 0 Å². The highest BCUT2D eigenvalue weighted by Crippen LogP contribution is 2.48. The van der Waals surface area contributed by atoms with E-state index in [1.807, 2.05) is 24.3 Å². The third-order valence-corrected chi connectivity index (χ3v) is 7.56. The average Bonchev–Trinajstić information content (AvgIpc) is 3.07. The van der Waals surface area contributed by atoms with Crippen LogP contribution in [0.1, 0.15) is 43.4 Å². The van der Waals surface area contributed by atoms with Gasteiger partial charge in [-0.05, 0) is 81.7 Å². The van der Waals surface area contributed by atoms with Crippen molar-refractivity contribution in [1.29, 1.82) is 5.26 Å². The maximum Gasteiger partial charge on any atom is 0.419 e. The Kier molecular flexibility index (Phi) is 6.12. The number of alkyl halides is 3. The van der Waals surface area contributed by atoms with Crippen LogP contribution in [0.25, 0.3) is 0 Å². The number of carbonyl (C=O) groups is 1. The number of ether oxygens (including phenoxy) is 1. The Hall–Kier alpha value is -3.23. The smallest absolute Gasteiger partial charge is 0.419 e. The van der Waals surface area contributed by atoms with Gasteiger partial charge in [0.1, 0.15) is 23.5 Å². The van der Waals surface area contributed by atoms with E-state index in [9.17, 15) is 18.0 Å². The van der Waals surface area contributed by atoms with Gasteiger partial charge in [0.05, 0.1) is 17.4 Å². The first kappa shape index (κ1) is 24.5. The van der Waals surface area contributed by atoms with Crippen molar-refractivity contribution in [2.45, 2.75) is 49.9 Å². The Labute approximate surface area is 212 Å². The number of benzene rings is 1. The number of hydrogen-bond donors (Lipinski definition) is 0. The van der Waals surface area contributed by atoms with Crippen LogP contribution in [0.15, 0.2) is 36.5 Å². The molecule has 1 aromatic carbocycles. The summed E-state index contributed by atoms with van der Waals surface area (Å²) in [6.45, 7) is 1.96. The molecule has 0 atom stereocenters. The number of amides is 1. The summed E-state index contributed by atoms with van der Waals surface area (Å²) in [4.78, 5) is 22.3. The lowest BCUT2D eigenvalue weighted by atomic mass is 9.75. The number of likely N-dealkylation sites (tertiary alicyclic amines) is 1. The van der Waals surface area contributed by atoms with Crippen LogP contribution in [0.3, 0.4) is 0 Å². The highest BCUT2D eigenvalue weighted by molar-refractivity contribution is 7.81. The maximum absolute atomic E-state index is 13.6. The molecule has 2 aliphatic heterocycles. The van der Waals surface area contributed by atoms with E-state index in [4.69, 9.17) is 22.2 Å². The van der Waals surface area contributed by atoms with Crippen molar-refractivity contribution in [3.05, 3.63) is 47.8 Å². The number of piperidine rings is 1. The van der Waals surface area contributed by atoms with Crippen LogP contribution in [-0.4, -0.2) is 52.7 Å². The molecule has 3 aliphatic rings. The van der Waals surface area contributed by atoms with Gasteiger partial charge in [0, 0.05) is 18.8 Å². The van der Waals surface area contributed by atoms with Gasteiger partial charge in [0.2, 0.25) is 0 Å². The van der Waals surface area contributed by atoms with Crippen molar-refractivity contribution in [1.82, 2.24) is 9.88 Å². The van der Waals surface area contributed by atoms with E-state index in [1.54, 1.807) is 4.90 Å². The Morgan fingerprint density at radius 1 is 1.17 bits per heavy atom. The monoisotopic (exact) mass is 515 g/mol. The normalized spacial score (nSPS) is 20.5. The molecule has 5 rings (SSSR count). The molecule has 0 unspecified atom stereocenters. The number of nitrogens with zero attached hydrogens (tertiary/aromatic N) is 5. The van der Waals surface area contributed by atoms with Gasteiger partial charge in [0.25, 0.3) is 5.91 Å². The lowest BCUT2D eigenvalue weighted by molar-refractivity contribution is -0.138. The summed E-state index contributed by atoms with van der Waals surface area (Å²) in [5.41, 5.74) is -2.33. The second-order valence-corrected chi connectivity index (χ2v) is 9.82. The summed E-state index contributed by atoms with van der Waals surface area (Å²) in [6.07, 6.45) is 0.191. The molecule has 1 spiro atoms. The number of aromatic nitrogens is 1. The quantitative estimate of drug-likeness (QED) is 0.555. The molecule has 0 radical (unpaired) electrons. The predicted octanol–water partition coefficient (Wildman–Crippen LogP) is 4.51. The highest BCUT2D eigenvalue weighted by Gasteiger charge is 2.59. The van der Waals surface area contributed by atoms with Gasteiger partial charge >= 0.3 is 6.18 Å². The lowest BCUT2D eigenvalue weighted by Gasteiger charge is -2.43. The molecule has 36 heavy (non-hydrogen) atoms. The van der Waals surface area contributed by atoms with Gasteiger partial charge in [0.15, 0.2) is 10.8 Å². The Morgan fingerprint density at radius 3 is 2.39 bits per heavy atom. The Bertz CT molecular complexity index is 1230. The van der Waals surface area contributed by atoms with Gasteiger partial charge < -0.3 is 14.5 Å². The molecular weight excluding hydrogens is 491 g/mol.